The minimum Gasteiger partial charge on any atom is -0.398 e. The van der Waals surface area contributed by atoms with Crippen LogP contribution in [0.1, 0.15) is 11.1 Å². The van der Waals surface area contributed by atoms with Crippen molar-refractivity contribution in [2.45, 2.75) is 13.8 Å². The zero-order chi connectivity index (χ0) is 11.5. The largest absolute Gasteiger partial charge is 0.398 e. The van der Waals surface area contributed by atoms with Gasteiger partial charge in [-0.2, -0.15) is 0 Å². The molecule has 0 fully saturated rings. The van der Waals surface area contributed by atoms with Crippen molar-refractivity contribution in [3.05, 3.63) is 53.6 Å². The van der Waals surface area contributed by atoms with Gasteiger partial charge in [0.25, 0.3) is 0 Å². The molecule has 16 heavy (non-hydrogen) atoms. The van der Waals surface area contributed by atoms with Crippen molar-refractivity contribution in [1.29, 1.82) is 0 Å². The van der Waals surface area contributed by atoms with E-state index in [-0.39, 0.29) is 0 Å². The highest BCUT2D eigenvalue weighted by atomic mass is 14.9. The maximum absolute atomic E-state index is 5.85. The molecule has 0 amide bonds. The van der Waals surface area contributed by atoms with E-state index in [1.807, 2.05) is 44.2 Å². The van der Waals surface area contributed by atoms with Crippen LogP contribution in [0.15, 0.2) is 30.3 Å². The normalized spacial score (nSPS) is 9.62. The zero-order valence-electron chi connectivity index (χ0n) is 9.46. The van der Waals surface area contributed by atoms with Crippen LogP contribution in [0.4, 0.5) is 17.1 Å². The molecule has 80 valence electrons. The SMILES string of the molecule is Cc1cc#cc(Nc2ccc(C)c(N)c2)c1. The molecule has 0 unspecified atom stereocenters. The van der Waals surface area contributed by atoms with Gasteiger partial charge < -0.3 is 11.1 Å². The maximum atomic E-state index is 5.85. The molecule has 3 N–H and O–H groups in total. The fourth-order valence-electron chi connectivity index (χ4n) is 1.47. The average Bonchev–Trinajstić information content (AvgIpc) is 2.24. The Morgan fingerprint density at radius 3 is 2.69 bits per heavy atom. The van der Waals surface area contributed by atoms with Gasteiger partial charge in [0.05, 0.1) is 5.69 Å². The third-order valence-electron chi connectivity index (χ3n) is 2.44. The summed E-state index contributed by atoms with van der Waals surface area (Å²) in [6.07, 6.45) is 0. The molecule has 0 radical (unpaired) electrons. The zero-order valence-corrected chi connectivity index (χ0v) is 9.46. The van der Waals surface area contributed by atoms with E-state index >= 15 is 0 Å². The summed E-state index contributed by atoms with van der Waals surface area (Å²) in [5.41, 5.74) is 10.8. The predicted octanol–water partition coefficient (Wildman–Crippen LogP) is 3.23. The van der Waals surface area contributed by atoms with E-state index in [2.05, 4.69) is 17.4 Å². The topological polar surface area (TPSA) is 38.0 Å². The lowest BCUT2D eigenvalue weighted by Crippen LogP contribution is -1.94. The van der Waals surface area contributed by atoms with Gasteiger partial charge in [-0.05, 0) is 55.3 Å². The van der Waals surface area contributed by atoms with E-state index < -0.39 is 0 Å². The van der Waals surface area contributed by atoms with Gasteiger partial charge in [0.1, 0.15) is 0 Å². The summed E-state index contributed by atoms with van der Waals surface area (Å²) in [5, 5.41) is 3.25. The monoisotopic (exact) mass is 210 g/mol. The summed E-state index contributed by atoms with van der Waals surface area (Å²) in [6.45, 7) is 4.02. The van der Waals surface area contributed by atoms with Crippen molar-refractivity contribution < 1.29 is 0 Å². The number of aryl methyl sites for hydroxylation is 2. The molecule has 2 nitrogen and oxygen atoms in total. The van der Waals surface area contributed by atoms with Gasteiger partial charge in [0, 0.05) is 11.4 Å². The molecule has 0 aliphatic carbocycles. The Bertz CT molecular complexity index is 504. The van der Waals surface area contributed by atoms with Crippen LogP contribution in [0.25, 0.3) is 0 Å². The summed E-state index contributed by atoms with van der Waals surface area (Å²) >= 11 is 0. The quantitative estimate of drug-likeness (QED) is 0.747. The van der Waals surface area contributed by atoms with Gasteiger partial charge in [0.2, 0.25) is 0 Å². The standard InChI is InChI=1S/C14H14N2/c1-10-4-3-5-12(8-10)16-13-7-6-11(2)14(15)9-13/h4,6-9,16H,15H2,1-2H3. The fraction of sp³-hybridized carbons (Fsp3) is 0.143. The van der Waals surface area contributed by atoms with Crippen LogP contribution >= 0.6 is 0 Å². The van der Waals surface area contributed by atoms with Crippen LogP contribution in [0.5, 0.6) is 0 Å². The van der Waals surface area contributed by atoms with E-state index in [9.17, 15) is 0 Å². The lowest BCUT2D eigenvalue weighted by molar-refractivity contribution is 1.44. The van der Waals surface area contributed by atoms with Gasteiger partial charge in [-0.15, -0.1) is 0 Å². The van der Waals surface area contributed by atoms with E-state index in [0.29, 0.717) is 0 Å². The van der Waals surface area contributed by atoms with Crippen molar-refractivity contribution in [2.75, 3.05) is 11.1 Å². The summed E-state index contributed by atoms with van der Waals surface area (Å²) in [4.78, 5) is 0. The third-order valence-corrected chi connectivity index (χ3v) is 2.44. The molecule has 2 aromatic carbocycles. The first kappa shape index (κ1) is 10.4. The average molecular weight is 210 g/mol. The van der Waals surface area contributed by atoms with Crippen LogP contribution in [0, 0.1) is 26.0 Å². The van der Waals surface area contributed by atoms with Gasteiger partial charge in [-0.25, -0.2) is 0 Å². The molecule has 0 saturated carbocycles. The number of benzene rings is 1. The number of hydrogen-bond acceptors (Lipinski definition) is 2. The molecule has 2 rings (SSSR count). The molecule has 0 atom stereocenters. The maximum Gasteiger partial charge on any atom is 0.0903 e. The Balaban J connectivity index is 2.24. The van der Waals surface area contributed by atoms with Crippen molar-refractivity contribution in [3.63, 3.8) is 0 Å². The van der Waals surface area contributed by atoms with Crippen LogP contribution in [0.3, 0.4) is 0 Å². The highest BCUT2D eigenvalue weighted by Crippen LogP contribution is 2.20. The van der Waals surface area contributed by atoms with Gasteiger partial charge >= 0.3 is 0 Å². The summed E-state index contributed by atoms with van der Waals surface area (Å²) in [6, 6.07) is 15.8. The molecule has 2 heteroatoms. The highest BCUT2D eigenvalue weighted by molar-refractivity contribution is 5.64. The molecule has 0 bridgehead atoms. The van der Waals surface area contributed by atoms with Crippen molar-refractivity contribution >= 4 is 17.1 Å². The first-order valence-corrected chi connectivity index (χ1v) is 5.18. The predicted molar refractivity (Wildman–Crippen MR) is 67.7 cm³/mol. The molecule has 0 aliphatic rings. The van der Waals surface area contributed by atoms with Gasteiger partial charge in [-0.1, -0.05) is 12.1 Å². The van der Waals surface area contributed by atoms with E-state index in [1.54, 1.807) is 0 Å². The Morgan fingerprint density at radius 1 is 1.19 bits per heavy atom. The summed E-state index contributed by atoms with van der Waals surface area (Å²) in [7, 11) is 0. The minimum atomic E-state index is 0.793. The Labute approximate surface area is 96.1 Å². The second-order valence-corrected chi connectivity index (χ2v) is 3.91. The Morgan fingerprint density at radius 2 is 2.00 bits per heavy atom. The second kappa shape index (κ2) is 4.16. The smallest absolute Gasteiger partial charge is 0.0903 e. The molecule has 0 heterocycles. The lowest BCUT2D eigenvalue weighted by atomic mass is 10.2. The van der Waals surface area contributed by atoms with Crippen molar-refractivity contribution in [2.24, 2.45) is 0 Å². The van der Waals surface area contributed by atoms with Crippen LogP contribution in [-0.4, -0.2) is 0 Å². The van der Waals surface area contributed by atoms with Gasteiger partial charge in [0.15, 0.2) is 0 Å². The Hall–Kier alpha value is -2.14. The van der Waals surface area contributed by atoms with Crippen LogP contribution < -0.4 is 11.1 Å². The summed E-state index contributed by atoms with van der Waals surface area (Å²) < 4.78 is 0. The number of nitrogen functional groups attached to an aromatic ring is 1. The highest BCUT2D eigenvalue weighted by Gasteiger charge is 1.97. The van der Waals surface area contributed by atoms with Crippen molar-refractivity contribution in [3.8, 4) is 0 Å². The van der Waals surface area contributed by atoms with E-state index in [0.717, 1.165) is 28.2 Å². The number of hydrogen-bond donors (Lipinski definition) is 2. The molecular weight excluding hydrogens is 196 g/mol. The first-order chi connectivity index (χ1) is 7.65. The molecule has 0 spiro atoms. The van der Waals surface area contributed by atoms with Crippen LogP contribution in [0.2, 0.25) is 0 Å². The molecule has 0 aliphatic heterocycles. The minimum absolute atomic E-state index is 0.793. The first-order valence-electron chi connectivity index (χ1n) is 5.18. The van der Waals surface area contributed by atoms with Gasteiger partial charge in [-0.3, -0.25) is 0 Å². The number of rotatable bonds is 2. The number of nitrogens with two attached hydrogens (primary N) is 1. The molecular formula is C14H14N2. The second-order valence-electron chi connectivity index (χ2n) is 3.91. The molecule has 0 saturated heterocycles. The molecule has 0 aromatic heterocycles. The third kappa shape index (κ3) is 2.26. The molecule has 2 aromatic rings. The van der Waals surface area contributed by atoms with Crippen molar-refractivity contribution in [1.82, 2.24) is 0 Å². The van der Waals surface area contributed by atoms with E-state index in [1.165, 1.54) is 0 Å². The van der Waals surface area contributed by atoms with Crippen LogP contribution in [-0.2, 0) is 0 Å². The fourth-order valence-corrected chi connectivity index (χ4v) is 1.47. The summed E-state index contributed by atoms with van der Waals surface area (Å²) in [5.74, 6) is 0. The number of nitrogens with one attached hydrogen (secondary N) is 1. The van der Waals surface area contributed by atoms with E-state index in [4.69, 9.17) is 5.73 Å². The lowest BCUT2D eigenvalue weighted by Gasteiger charge is -2.07. The Kier molecular flexibility index (Phi) is 2.70. The number of anilines is 3.